The Morgan fingerprint density at radius 1 is 1.00 bits per heavy atom. The Hall–Kier alpha value is -2.73. The lowest BCUT2D eigenvalue weighted by molar-refractivity contribution is 0.266. The van der Waals surface area contributed by atoms with E-state index in [9.17, 15) is 4.79 Å². The average molecular weight is 349 g/mol. The molecule has 0 saturated carbocycles. The minimum absolute atomic E-state index is 0.0147. The van der Waals surface area contributed by atoms with Gasteiger partial charge in [-0.15, -0.1) is 0 Å². The van der Waals surface area contributed by atoms with Crippen LogP contribution in [0.4, 0.5) is 0 Å². The summed E-state index contributed by atoms with van der Waals surface area (Å²) in [6, 6.07) is 14.2. The van der Waals surface area contributed by atoms with Gasteiger partial charge in [0.2, 0.25) is 0 Å². The van der Waals surface area contributed by atoms with Crippen LogP contribution in [-0.4, -0.2) is 37.3 Å². The number of fused-ring (bicyclic) bond motifs is 1. The number of rotatable bonds is 4. The maximum Gasteiger partial charge on any atom is 0.346 e. The molecule has 3 aromatic rings. The first-order chi connectivity index (χ1) is 12.7. The van der Waals surface area contributed by atoms with Crippen molar-refractivity contribution in [1.29, 1.82) is 0 Å². The van der Waals surface area contributed by atoms with Crippen LogP contribution in [0.1, 0.15) is 22.6 Å². The zero-order valence-electron chi connectivity index (χ0n) is 15.0. The molecule has 0 bridgehead atoms. The third-order valence-electron chi connectivity index (χ3n) is 4.82. The highest BCUT2D eigenvalue weighted by atomic mass is 16.2. The highest BCUT2D eigenvalue weighted by Crippen LogP contribution is 2.09. The first-order valence-electron chi connectivity index (χ1n) is 9.03. The number of benzene rings is 1. The molecule has 0 N–H and O–H groups in total. The van der Waals surface area contributed by atoms with Gasteiger partial charge in [0.15, 0.2) is 0 Å². The molecule has 2 aromatic heterocycles. The van der Waals surface area contributed by atoms with E-state index in [0.717, 1.165) is 43.1 Å². The predicted molar refractivity (Wildman–Crippen MR) is 100.0 cm³/mol. The largest absolute Gasteiger partial charge is 0.346 e. The number of hydrogen-bond acceptors (Lipinski definition) is 4. The zero-order valence-corrected chi connectivity index (χ0v) is 15.0. The lowest BCUT2D eigenvalue weighted by atomic mass is 10.2. The van der Waals surface area contributed by atoms with Gasteiger partial charge in [-0.05, 0) is 24.1 Å². The molecular formula is C20H23N5O. The quantitative estimate of drug-likeness (QED) is 0.721. The Kier molecular flexibility index (Phi) is 4.67. The first kappa shape index (κ1) is 16.7. The predicted octanol–water partition coefficient (Wildman–Crippen LogP) is 1.85. The number of aromatic nitrogens is 4. The molecule has 4 rings (SSSR count). The molecule has 6 heteroatoms. The van der Waals surface area contributed by atoms with E-state index >= 15 is 0 Å². The minimum Gasteiger partial charge on any atom is -0.295 e. The standard InChI is InChI=1S/C20H23N5O/c1-16-7-8-18(21-13-16)15-23-10-9-19-22-25(20(26)24(19)12-11-23)14-17-5-3-2-4-6-17/h2-8,13H,9-12,14-15H2,1H3. The maximum absolute atomic E-state index is 12.7. The van der Waals surface area contributed by atoms with Gasteiger partial charge in [0.05, 0.1) is 12.2 Å². The van der Waals surface area contributed by atoms with E-state index in [1.54, 1.807) is 4.68 Å². The smallest absolute Gasteiger partial charge is 0.295 e. The van der Waals surface area contributed by atoms with Crippen molar-refractivity contribution in [3.8, 4) is 0 Å². The lowest BCUT2D eigenvalue weighted by Crippen LogP contribution is -2.30. The van der Waals surface area contributed by atoms with Crippen molar-refractivity contribution in [3.63, 3.8) is 0 Å². The highest BCUT2D eigenvalue weighted by Gasteiger charge is 2.19. The molecule has 0 saturated heterocycles. The van der Waals surface area contributed by atoms with Gasteiger partial charge < -0.3 is 0 Å². The van der Waals surface area contributed by atoms with E-state index in [-0.39, 0.29) is 5.69 Å². The Balaban J connectivity index is 1.46. The van der Waals surface area contributed by atoms with Crippen LogP contribution in [0.2, 0.25) is 0 Å². The summed E-state index contributed by atoms with van der Waals surface area (Å²) in [5.41, 5.74) is 3.31. The Morgan fingerprint density at radius 3 is 2.62 bits per heavy atom. The topological polar surface area (TPSA) is 56.0 Å². The van der Waals surface area contributed by atoms with Crippen molar-refractivity contribution in [2.45, 2.75) is 33.0 Å². The van der Waals surface area contributed by atoms with Gasteiger partial charge in [-0.3, -0.25) is 14.5 Å². The monoisotopic (exact) mass is 349 g/mol. The van der Waals surface area contributed by atoms with Crippen molar-refractivity contribution >= 4 is 0 Å². The molecule has 26 heavy (non-hydrogen) atoms. The van der Waals surface area contributed by atoms with E-state index in [1.165, 1.54) is 5.56 Å². The number of pyridine rings is 1. The number of hydrogen-bond donors (Lipinski definition) is 0. The second-order valence-corrected chi connectivity index (χ2v) is 6.85. The third kappa shape index (κ3) is 3.60. The van der Waals surface area contributed by atoms with Gasteiger partial charge >= 0.3 is 5.69 Å². The molecule has 0 spiro atoms. The van der Waals surface area contributed by atoms with Crippen LogP contribution in [0.3, 0.4) is 0 Å². The van der Waals surface area contributed by atoms with Gasteiger partial charge in [0.1, 0.15) is 5.82 Å². The fourth-order valence-corrected chi connectivity index (χ4v) is 3.35. The summed E-state index contributed by atoms with van der Waals surface area (Å²) in [7, 11) is 0. The molecule has 0 aliphatic carbocycles. The van der Waals surface area contributed by atoms with Gasteiger partial charge in [-0.25, -0.2) is 9.48 Å². The van der Waals surface area contributed by atoms with E-state index in [4.69, 9.17) is 0 Å². The molecule has 3 heterocycles. The van der Waals surface area contributed by atoms with Gasteiger partial charge in [0.25, 0.3) is 0 Å². The molecule has 1 aliphatic heterocycles. The Labute approximate surface area is 152 Å². The van der Waals surface area contributed by atoms with Crippen LogP contribution in [0.15, 0.2) is 53.5 Å². The van der Waals surface area contributed by atoms with Crippen LogP contribution in [0, 0.1) is 6.92 Å². The van der Waals surface area contributed by atoms with Crippen molar-refractivity contribution in [3.05, 3.63) is 81.8 Å². The van der Waals surface area contributed by atoms with E-state index in [2.05, 4.69) is 27.1 Å². The van der Waals surface area contributed by atoms with Crippen molar-refractivity contribution in [2.75, 3.05) is 13.1 Å². The van der Waals surface area contributed by atoms with Crippen LogP contribution >= 0.6 is 0 Å². The lowest BCUT2D eigenvalue weighted by Gasteiger charge is -2.18. The highest BCUT2D eigenvalue weighted by molar-refractivity contribution is 5.15. The summed E-state index contributed by atoms with van der Waals surface area (Å²) in [5.74, 6) is 0.880. The van der Waals surface area contributed by atoms with Crippen LogP contribution in [-0.2, 0) is 26.1 Å². The SMILES string of the molecule is Cc1ccc(CN2CCc3nn(Cc4ccccc4)c(=O)n3CC2)nc1. The molecule has 1 aliphatic rings. The molecule has 6 nitrogen and oxygen atoms in total. The summed E-state index contributed by atoms with van der Waals surface area (Å²) in [5, 5.41) is 4.58. The molecular weight excluding hydrogens is 326 g/mol. The number of nitrogens with zero attached hydrogens (tertiary/aromatic N) is 5. The maximum atomic E-state index is 12.7. The van der Waals surface area contributed by atoms with Gasteiger partial charge in [-0.1, -0.05) is 36.4 Å². The fraction of sp³-hybridized carbons (Fsp3) is 0.350. The van der Waals surface area contributed by atoms with Crippen molar-refractivity contribution < 1.29 is 0 Å². The van der Waals surface area contributed by atoms with Crippen LogP contribution in [0.5, 0.6) is 0 Å². The summed E-state index contributed by atoms with van der Waals surface area (Å²) in [4.78, 5) is 19.5. The first-order valence-corrected chi connectivity index (χ1v) is 9.03. The van der Waals surface area contributed by atoms with Crippen LogP contribution in [0.25, 0.3) is 0 Å². The van der Waals surface area contributed by atoms with Crippen LogP contribution < -0.4 is 5.69 Å². The summed E-state index contributed by atoms with van der Waals surface area (Å²) in [6.45, 7) is 5.77. The molecule has 0 amide bonds. The second-order valence-electron chi connectivity index (χ2n) is 6.85. The molecule has 1 aromatic carbocycles. The normalized spacial score (nSPS) is 14.8. The molecule has 0 radical (unpaired) electrons. The van der Waals surface area contributed by atoms with Gasteiger partial charge in [0, 0.05) is 38.8 Å². The Bertz CT molecular complexity index is 927. The zero-order chi connectivity index (χ0) is 17.9. The van der Waals surface area contributed by atoms with Gasteiger partial charge in [-0.2, -0.15) is 5.10 Å². The summed E-state index contributed by atoms with van der Waals surface area (Å²) < 4.78 is 3.41. The third-order valence-corrected chi connectivity index (χ3v) is 4.82. The second kappa shape index (κ2) is 7.25. The average Bonchev–Trinajstić information content (AvgIpc) is 2.82. The van der Waals surface area contributed by atoms with E-state index in [0.29, 0.717) is 13.1 Å². The fourth-order valence-electron chi connectivity index (χ4n) is 3.35. The molecule has 0 atom stereocenters. The number of aryl methyl sites for hydroxylation is 1. The Morgan fingerprint density at radius 2 is 1.85 bits per heavy atom. The molecule has 0 unspecified atom stereocenters. The van der Waals surface area contributed by atoms with E-state index in [1.807, 2.05) is 48.0 Å². The molecule has 134 valence electrons. The van der Waals surface area contributed by atoms with E-state index < -0.39 is 0 Å². The summed E-state index contributed by atoms with van der Waals surface area (Å²) in [6.07, 6.45) is 2.68. The van der Waals surface area contributed by atoms with Crippen molar-refractivity contribution in [2.24, 2.45) is 0 Å². The molecule has 0 fully saturated rings. The summed E-state index contributed by atoms with van der Waals surface area (Å²) >= 11 is 0. The van der Waals surface area contributed by atoms with Crippen molar-refractivity contribution in [1.82, 2.24) is 24.2 Å². The minimum atomic E-state index is -0.0147.